The van der Waals surface area contributed by atoms with E-state index in [1.165, 1.54) is 149 Å². The molecular weight excluding hydrogens is 1070 g/mol. The number of hydrogen-bond donors (Lipinski definition) is 5. The van der Waals surface area contributed by atoms with Crippen LogP contribution in [-0.4, -0.2) is 42.7 Å². The molecular formula is C62H108N6Sn2+2. The number of nitrogens with two attached hydrogens (primary N) is 3. The van der Waals surface area contributed by atoms with Crippen molar-refractivity contribution in [2.75, 3.05) is 0 Å². The zero-order valence-corrected chi connectivity index (χ0v) is 52.6. The Morgan fingerprint density at radius 3 is 1.16 bits per heavy atom. The van der Waals surface area contributed by atoms with Gasteiger partial charge in [0, 0.05) is 0 Å². The third-order valence-corrected chi connectivity index (χ3v) is 46.2. The molecule has 2 atom stereocenters. The molecule has 0 heterocycles. The number of nitriles is 1. The summed E-state index contributed by atoms with van der Waals surface area (Å²) in [4.78, 5) is 3.05. The first-order chi connectivity index (χ1) is 34.0. The van der Waals surface area contributed by atoms with Crippen molar-refractivity contribution in [3.8, 4) is 6.19 Å². The topological polar surface area (TPSA) is 143 Å². The van der Waals surface area contributed by atoms with Crippen LogP contribution in [-0.2, 0) is 13.1 Å². The van der Waals surface area contributed by atoms with Crippen LogP contribution in [0.1, 0.15) is 206 Å². The van der Waals surface area contributed by atoms with E-state index >= 15 is 0 Å². The molecule has 0 aromatic heterocycles. The Morgan fingerprint density at radius 2 is 0.857 bits per heavy atom. The summed E-state index contributed by atoms with van der Waals surface area (Å²) in [5, 5.41) is 7.10. The van der Waals surface area contributed by atoms with E-state index in [1.54, 1.807) is 16.0 Å². The molecule has 6 nitrogen and oxygen atoms in total. The molecule has 4 rings (SSSR count). The van der Waals surface area contributed by atoms with Crippen LogP contribution in [0.3, 0.4) is 0 Å². The van der Waals surface area contributed by atoms with Crippen molar-refractivity contribution in [2.45, 2.75) is 224 Å². The van der Waals surface area contributed by atoms with E-state index < -0.39 is 36.8 Å². The molecule has 0 saturated carbocycles. The van der Waals surface area contributed by atoms with Gasteiger partial charge < -0.3 is 5.73 Å². The van der Waals surface area contributed by atoms with Gasteiger partial charge in [0.15, 0.2) is 6.19 Å². The minimum Gasteiger partial charge on any atom is -0.337 e. The zero-order valence-electron chi connectivity index (χ0n) is 46.9. The summed E-state index contributed by atoms with van der Waals surface area (Å²) < 4.78 is 12.6. The first kappa shape index (κ1) is 67.0. The van der Waals surface area contributed by atoms with Crippen LogP contribution in [0.25, 0.3) is 0 Å². The van der Waals surface area contributed by atoms with E-state index in [0.29, 0.717) is 5.96 Å². The van der Waals surface area contributed by atoms with Crippen molar-refractivity contribution < 1.29 is 10.7 Å². The van der Waals surface area contributed by atoms with Gasteiger partial charge in [-0.3, -0.25) is 0 Å². The molecule has 0 bridgehead atoms. The summed E-state index contributed by atoms with van der Waals surface area (Å²) in [5.41, 5.74) is 25.1. The molecule has 0 aliphatic rings. The molecule has 0 saturated heterocycles. The number of rotatable bonds is 29. The fraction of sp³-hybridized carbons (Fsp3) is 0.581. The van der Waals surface area contributed by atoms with Crippen LogP contribution in [0.5, 0.6) is 0 Å². The molecule has 4 aromatic rings. The Morgan fingerprint density at radius 1 is 0.500 bits per heavy atom. The van der Waals surface area contributed by atoms with E-state index in [4.69, 9.17) is 16.7 Å². The van der Waals surface area contributed by atoms with E-state index in [0.717, 1.165) is 24.9 Å². The fourth-order valence-corrected chi connectivity index (χ4v) is 42.1. The van der Waals surface area contributed by atoms with Crippen LogP contribution in [0, 0.1) is 11.5 Å². The van der Waals surface area contributed by atoms with Crippen LogP contribution in [0.15, 0.2) is 109 Å². The van der Waals surface area contributed by atoms with Crippen LogP contribution < -0.4 is 35.1 Å². The third kappa shape index (κ3) is 27.7. The Hall–Kier alpha value is -3.00. The predicted octanol–water partition coefficient (Wildman–Crippen LogP) is 13.7. The first-order valence-electron chi connectivity index (χ1n) is 28.3. The van der Waals surface area contributed by atoms with Gasteiger partial charge >= 0.3 is 277 Å². The first-order valence-corrected chi connectivity index (χ1v) is 43.2. The fourth-order valence-electron chi connectivity index (χ4n) is 10.3. The predicted molar refractivity (Wildman–Crippen MR) is 316 cm³/mol. The number of quaternary nitrogens is 1. The van der Waals surface area contributed by atoms with Crippen LogP contribution >= 0.6 is 0 Å². The Balaban J connectivity index is 0.000000920. The maximum absolute atomic E-state index is 7.10. The average molecular weight is 1180 g/mol. The number of hydrogen-bond acceptors (Lipinski definition) is 2. The van der Waals surface area contributed by atoms with Gasteiger partial charge in [-0.05, 0) is 48.6 Å². The number of guanidine groups is 1. The van der Waals surface area contributed by atoms with Crippen molar-refractivity contribution in [2.24, 2.45) is 17.2 Å². The second-order valence-electron chi connectivity index (χ2n) is 19.7. The van der Waals surface area contributed by atoms with Crippen molar-refractivity contribution in [1.82, 2.24) is 0 Å². The summed E-state index contributed by atoms with van der Waals surface area (Å²) in [6.07, 6.45) is 22.7. The van der Waals surface area contributed by atoms with E-state index in [-0.39, 0.29) is 0 Å². The minimum absolute atomic E-state index is 0.302. The quantitative estimate of drug-likeness (QED) is 0.0121. The maximum Gasteiger partial charge on any atom is 0.173 e. The standard InChI is InChI=1S/2C12H18.C8H10N3.C7H8N.4C4H9.2C3H7.CH2N2.2Sn/c2*1-3-8-11(4-2)12-9-6-5-7-10-12;9-8(10)11-6-7-4-2-1-3-5-7;8-6-7-4-2-1-3-5-7;4*1-3-4-2;2*1-3-2;2-1-3;;/h2*5-7,9-11H,3-4,8H2,1-2H3;1-2,4-5H,6H2,(H4,9,10,11);1-2,4-5H,6,8H2;4*1,3-4H2,2H3;2*1,3H2,2H3;2H2;;/p+2. The van der Waals surface area contributed by atoms with Crippen LogP contribution in [0.4, 0.5) is 0 Å². The second kappa shape index (κ2) is 43.6. The molecule has 392 valence electrons. The molecule has 0 aliphatic heterocycles. The third-order valence-electron chi connectivity index (χ3n) is 14.2. The van der Waals surface area contributed by atoms with E-state index in [1.807, 2.05) is 0 Å². The Kier molecular flexibility index (Phi) is 41.7. The maximum atomic E-state index is 7.10. The summed E-state index contributed by atoms with van der Waals surface area (Å²) in [6.45, 7) is 24.8. The van der Waals surface area contributed by atoms with Crippen LogP contribution in [0.2, 0.25) is 26.6 Å². The number of nitrogens with one attached hydrogen (secondary N) is 1. The average Bonchev–Trinajstić information content (AvgIpc) is 3.39. The largest absolute Gasteiger partial charge is 0.337 e. The molecule has 0 radical (unpaired) electrons. The van der Waals surface area contributed by atoms with Gasteiger partial charge in [-0.1, -0.05) is 101 Å². The van der Waals surface area contributed by atoms with Gasteiger partial charge in [-0.15, -0.1) is 0 Å². The number of benzene rings is 4. The molecule has 0 spiro atoms. The van der Waals surface area contributed by atoms with Gasteiger partial charge in [0.05, 0.1) is 0 Å². The molecule has 8 heteroatoms. The molecule has 0 amide bonds. The molecule has 4 aromatic carbocycles. The SMILES string of the molecule is CCCC(CC)c1ccccc1.CCCC(CC)c1ccccc1.CCC[CH2][Sn]([CH2]CC)([CH2]CCC)[c]1cccc(C[NH+]=C(N)N)c1.CCC[CH2][Sn]([CH2]CC)([CH2]CCC)[c]1cccc(C[NH3+])c1.N#CN. The molecule has 0 fully saturated rings. The Bertz CT molecular complexity index is 1810. The van der Waals surface area contributed by atoms with Gasteiger partial charge in [0.2, 0.25) is 0 Å². The van der Waals surface area contributed by atoms with Crippen molar-refractivity contribution in [3.63, 3.8) is 0 Å². The summed E-state index contributed by atoms with van der Waals surface area (Å²) in [7, 11) is 0. The van der Waals surface area contributed by atoms with E-state index in [2.05, 4.69) is 195 Å². The molecule has 2 unspecified atom stereocenters. The Labute approximate surface area is 440 Å². The summed E-state index contributed by atoms with van der Waals surface area (Å²) in [5.74, 6) is 1.85. The van der Waals surface area contributed by atoms with Gasteiger partial charge in [0.25, 0.3) is 0 Å². The van der Waals surface area contributed by atoms with E-state index in [9.17, 15) is 0 Å². The smallest absolute Gasteiger partial charge is 0.173 e. The number of unbranched alkanes of at least 4 members (excludes halogenated alkanes) is 4. The second-order valence-corrected chi connectivity index (χ2v) is 46.1. The zero-order chi connectivity index (χ0) is 52.3. The number of nitrogens with zero attached hydrogens (tertiary/aromatic N) is 1. The van der Waals surface area contributed by atoms with Crippen molar-refractivity contribution in [3.05, 3.63) is 131 Å². The van der Waals surface area contributed by atoms with Gasteiger partial charge in [-0.2, -0.15) is 5.26 Å². The van der Waals surface area contributed by atoms with Gasteiger partial charge in [0.1, 0.15) is 0 Å². The van der Waals surface area contributed by atoms with Crippen molar-refractivity contribution in [1.29, 1.82) is 5.26 Å². The molecule has 10 N–H and O–H groups in total. The summed E-state index contributed by atoms with van der Waals surface area (Å²) in [6, 6.07) is 40.4. The molecule has 70 heavy (non-hydrogen) atoms. The van der Waals surface area contributed by atoms with Gasteiger partial charge in [-0.25, -0.2) is 0 Å². The minimum atomic E-state index is -2.28. The summed E-state index contributed by atoms with van der Waals surface area (Å²) >= 11 is -4.44. The normalized spacial score (nSPS) is 11.6. The monoisotopic (exact) mass is 1180 g/mol. The molecule has 0 aliphatic carbocycles. The van der Waals surface area contributed by atoms with Crippen molar-refractivity contribution >= 4 is 49.9 Å².